The number of anilines is 1. The fourth-order valence-electron chi connectivity index (χ4n) is 2.50. The van der Waals surface area contributed by atoms with Crippen molar-refractivity contribution in [1.29, 1.82) is 0 Å². The van der Waals surface area contributed by atoms with Crippen LogP contribution in [-0.2, 0) is 13.0 Å². The largest absolute Gasteiger partial charge is 0.336 e. The minimum atomic E-state index is 0.434. The summed E-state index contributed by atoms with van der Waals surface area (Å²) in [6.07, 6.45) is 4.19. The van der Waals surface area contributed by atoms with Gasteiger partial charge in [-0.15, -0.1) is 0 Å². The molecule has 1 N–H and O–H groups in total. The summed E-state index contributed by atoms with van der Waals surface area (Å²) in [5, 5.41) is 7.87. The fourth-order valence-corrected chi connectivity index (χ4v) is 3.04. The van der Waals surface area contributed by atoms with E-state index in [1.807, 2.05) is 0 Å². The molecule has 0 radical (unpaired) electrons. The molecule has 0 fully saturated rings. The van der Waals surface area contributed by atoms with E-state index in [1.165, 1.54) is 0 Å². The zero-order valence-electron chi connectivity index (χ0n) is 10.8. The molecule has 8 heteroatoms. The van der Waals surface area contributed by atoms with Gasteiger partial charge in [-0.2, -0.15) is 5.10 Å². The Morgan fingerprint density at radius 1 is 1.19 bits per heavy atom. The number of hydrogen-bond donors (Lipinski definition) is 1. The van der Waals surface area contributed by atoms with Gasteiger partial charge in [-0.3, -0.25) is 5.10 Å². The summed E-state index contributed by atoms with van der Waals surface area (Å²) in [7, 11) is 0. The fraction of sp³-hybridized carbons (Fsp3) is 0.231. The van der Waals surface area contributed by atoms with Crippen LogP contribution in [0, 0.1) is 0 Å². The van der Waals surface area contributed by atoms with Crippen LogP contribution in [0.5, 0.6) is 0 Å². The number of halogens is 2. The van der Waals surface area contributed by atoms with Crippen LogP contribution in [0.15, 0.2) is 18.5 Å². The number of hydrogen-bond acceptors (Lipinski definition) is 5. The number of H-pyrrole nitrogens is 1. The van der Waals surface area contributed by atoms with E-state index in [0.29, 0.717) is 22.7 Å². The summed E-state index contributed by atoms with van der Waals surface area (Å²) < 4.78 is 0. The molecule has 0 saturated heterocycles. The molecular formula is C13H10Cl2N6. The second kappa shape index (κ2) is 4.82. The lowest BCUT2D eigenvalue weighted by molar-refractivity contribution is 0.693. The van der Waals surface area contributed by atoms with Gasteiger partial charge in [0.05, 0.1) is 23.1 Å². The van der Waals surface area contributed by atoms with Gasteiger partial charge in [0.15, 0.2) is 0 Å². The van der Waals surface area contributed by atoms with Gasteiger partial charge in [0, 0.05) is 25.1 Å². The third kappa shape index (κ3) is 2.20. The first-order valence-electron chi connectivity index (χ1n) is 6.45. The molecule has 0 bridgehead atoms. The van der Waals surface area contributed by atoms with Crippen molar-refractivity contribution in [2.24, 2.45) is 0 Å². The summed E-state index contributed by atoms with van der Waals surface area (Å²) >= 11 is 12.2. The molecule has 3 aromatic heterocycles. The van der Waals surface area contributed by atoms with Crippen molar-refractivity contribution in [1.82, 2.24) is 25.1 Å². The molecule has 0 atom stereocenters. The molecular weight excluding hydrogens is 311 g/mol. The maximum atomic E-state index is 6.27. The smallest absolute Gasteiger partial charge is 0.226 e. The van der Waals surface area contributed by atoms with Crippen LogP contribution in [0.1, 0.15) is 11.3 Å². The zero-order valence-corrected chi connectivity index (χ0v) is 12.4. The second-order valence-corrected chi connectivity index (χ2v) is 5.66. The molecule has 1 aliphatic heterocycles. The maximum absolute atomic E-state index is 6.27. The third-order valence-electron chi connectivity index (χ3n) is 3.55. The Hall–Kier alpha value is -1.92. The summed E-state index contributed by atoms with van der Waals surface area (Å²) in [4.78, 5) is 15.3. The van der Waals surface area contributed by atoms with E-state index in [9.17, 15) is 0 Å². The zero-order chi connectivity index (χ0) is 14.4. The highest BCUT2D eigenvalue weighted by Crippen LogP contribution is 2.29. The minimum absolute atomic E-state index is 0.434. The standard InChI is InChI=1S/C13H10Cl2N6/c14-8-3-12(15)18-9-1-2-21(6-7(8)9)13-16-4-11-10(19-13)5-17-20-11/h3-5H,1-2,6H2,(H,17,20). The van der Waals surface area contributed by atoms with Crippen LogP contribution in [0.2, 0.25) is 10.2 Å². The van der Waals surface area contributed by atoms with E-state index < -0.39 is 0 Å². The molecule has 106 valence electrons. The second-order valence-electron chi connectivity index (χ2n) is 4.86. The molecule has 3 aromatic rings. The van der Waals surface area contributed by atoms with Crippen molar-refractivity contribution in [2.75, 3.05) is 11.4 Å². The Morgan fingerprint density at radius 3 is 3.00 bits per heavy atom. The van der Waals surface area contributed by atoms with Crippen molar-refractivity contribution >= 4 is 40.2 Å². The summed E-state index contributed by atoms with van der Waals surface area (Å²) in [6, 6.07) is 1.67. The molecule has 0 aliphatic carbocycles. The molecule has 0 spiro atoms. The lowest BCUT2D eigenvalue weighted by Crippen LogP contribution is -2.32. The van der Waals surface area contributed by atoms with Gasteiger partial charge in [0.1, 0.15) is 16.2 Å². The van der Waals surface area contributed by atoms with Gasteiger partial charge in [-0.05, 0) is 6.07 Å². The normalized spacial score (nSPS) is 14.5. The van der Waals surface area contributed by atoms with Gasteiger partial charge in [0.25, 0.3) is 0 Å². The van der Waals surface area contributed by atoms with Crippen LogP contribution in [0.3, 0.4) is 0 Å². The third-order valence-corrected chi connectivity index (χ3v) is 4.08. The van der Waals surface area contributed by atoms with Crippen molar-refractivity contribution in [2.45, 2.75) is 13.0 Å². The van der Waals surface area contributed by atoms with Crippen LogP contribution in [0.25, 0.3) is 11.0 Å². The van der Waals surface area contributed by atoms with Gasteiger partial charge < -0.3 is 4.90 Å². The number of pyridine rings is 1. The number of fused-ring (bicyclic) bond motifs is 2. The molecule has 21 heavy (non-hydrogen) atoms. The first kappa shape index (κ1) is 12.8. The van der Waals surface area contributed by atoms with E-state index >= 15 is 0 Å². The highest BCUT2D eigenvalue weighted by Gasteiger charge is 2.22. The number of aromatic amines is 1. The Labute approximate surface area is 130 Å². The van der Waals surface area contributed by atoms with E-state index in [4.69, 9.17) is 23.2 Å². The van der Waals surface area contributed by atoms with Crippen molar-refractivity contribution in [3.8, 4) is 0 Å². The molecule has 0 unspecified atom stereocenters. The molecule has 4 heterocycles. The Morgan fingerprint density at radius 2 is 2.10 bits per heavy atom. The van der Waals surface area contributed by atoms with Crippen LogP contribution in [0.4, 0.5) is 5.95 Å². The van der Waals surface area contributed by atoms with Crippen LogP contribution < -0.4 is 4.90 Å². The van der Waals surface area contributed by atoms with Gasteiger partial charge in [0.2, 0.25) is 5.95 Å². The maximum Gasteiger partial charge on any atom is 0.226 e. The van der Waals surface area contributed by atoms with Crippen molar-refractivity contribution in [3.63, 3.8) is 0 Å². The predicted octanol–water partition coefficient (Wildman–Crippen LogP) is 2.62. The van der Waals surface area contributed by atoms with Crippen molar-refractivity contribution in [3.05, 3.63) is 39.9 Å². The first-order valence-corrected chi connectivity index (χ1v) is 7.21. The molecule has 0 aromatic carbocycles. The lowest BCUT2D eigenvalue weighted by atomic mass is 10.1. The monoisotopic (exact) mass is 320 g/mol. The average Bonchev–Trinajstić information content (AvgIpc) is 2.94. The van der Waals surface area contributed by atoms with Gasteiger partial charge in [-0.25, -0.2) is 15.0 Å². The minimum Gasteiger partial charge on any atom is -0.336 e. The molecule has 6 nitrogen and oxygen atoms in total. The Bertz CT molecular complexity index is 831. The summed E-state index contributed by atoms with van der Waals surface area (Å²) in [5.74, 6) is 0.667. The van der Waals surface area contributed by atoms with Crippen molar-refractivity contribution < 1.29 is 0 Å². The topological polar surface area (TPSA) is 70.6 Å². The van der Waals surface area contributed by atoms with E-state index in [-0.39, 0.29) is 0 Å². The number of rotatable bonds is 1. The quantitative estimate of drug-likeness (QED) is 0.698. The van der Waals surface area contributed by atoms with Crippen LogP contribution >= 0.6 is 23.2 Å². The number of aromatic nitrogens is 5. The number of nitrogens with one attached hydrogen (secondary N) is 1. The van der Waals surface area contributed by atoms with Crippen LogP contribution in [-0.4, -0.2) is 31.7 Å². The highest BCUT2D eigenvalue weighted by atomic mass is 35.5. The van der Waals surface area contributed by atoms with E-state index in [1.54, 1.807) is 18.5 Å². The summed E-state index contributed by atoms with van der Waals surface area (Å²) in [6.45, 7) is 1.40. The Balaban J connectivity index is 1.71. The van der Waals surface area contributed by atoms with E-state index in [0.717, 1.165) is 35.3 Å². The van der Waals surface area contributed by atoms with Gasteiger partial charge in [-0.1, -0.05) is 23.2 Å². The molecule has 0 saturated carbocycles. The summed E-state index contributed by atoms with van der Waals surface area (Å²) in [5.41, 5.74) is 3.56. The van der Waals surface area contributed by atoms with E-state index in [2.05, 4.69) is 30.0 Å². The highest BCUT2D eigenvalue weighted by molar-refractivity contribution is 6.34. The van der Waals surface area contributed by atoms with Gasteiger partial charge >= 0.3 is 0 Å². The average molecular weight is 321 g/mol. The SMILES string of the molecule is Clc1cc(Cl)c2c(n1)CCN(c1ncc3[nH]ncc3n1)C2. The molecule has 4 rings (SSSR count). The number of nitrogens with zero attached hydrogens (tertiary/aromatic N) is 5. The molecule has 0 amide bonds. The first-order chi connectivity index (χ1) is 10.2. The lowest BCUT2D eigenvalue weighted by Gasteiger charge is -2.28. The molecule has 1 aliphatic rings. The predicted molar refractivity (Wildman–Crippen MR) is 80.7 cm³/mol. The Kier molecular flexibility index (Phi) is 2.94.